The van der Waals surface area contributed by atoms with E-state index in [1.165, 1.54) is 24.0 Å². The van der Waals surface area contributed by atoms with Crippen LogP contribution in [0.5, 0.6) is 5.75 Å². The summed E-state index contributed by atoms with van der Waals surface area (Å²) in [6.45, 7) is 0.953. The number of ether oxygens (including phenoxy) is 1. The maximum absolute atomic E-state index is 13.5. The lowest BCUT2D eigenvalue weighted by molar-refractivity contribution is 0.415. The van der Waals surface area contributed by atoms with Crippen LogP contribution in [-0.2, 0) is 19.4 Å². The van der Waals surface area contributed by atoms with Gasteiger partial charge in [0.05, 0.1) is 7.11 Å². The number of hydrogen-bond acceptors (Lipinski definition) is 4. The topological polar surface area (TPSA) is 67.0 Å². The molecular weight excluding hydrogens is 422 g/mol. The lowest BCUT2D eigenvalue weighted by Gasteiger charge is -2.21. The minimum absolute atomic E-state index is 0.161. The van der Waals surface area contributed by atoms with Gasteiger partial charge in [-0.1, -0.05) is 42.5 Å². The summed E-state index contributed by atoms with van der Waals surface area (Å²) in [4.78, 5) is 13.5. The molecule has 3 aromatic carbocycles. The zero-order chi connectivity index (χ0) is 23.5. The molecule has 0 unspecified atom stereocenters. The van der Waals surface area contributed by atoms with Crippen molar-refractivity contribution in [1.29, 1.82) is 5.26 Å². The maximum Gasteiger partial charge on any atom is 0.259 e. The van der Waals surface area contributed by atoms with E-state index in [4.69, 9.17) is 4.74 Å². The van der Waals surface area contributed by atoms with Gasteiger partial charge in [0.1, 0.15) is 17.5 Å². The average molecular weight is 450 g/mol. The summed E-state index contributed by atoms with van der Waals surface area (Å²) in [7, 11) is 1.60. The van der Waals surface area contributed by atoms with Crippen LogP contribution >= 0.6 is 0 Å². The molecule has 5 rings (SSSR count). The van der Waals surface area contributed by atoms with Crippen molar-refractivity contribution in [2.45, 2.75) is 32.2 Å². The second-order valence-corrected chi connectivity index (χ2v) is 8.65. The quantitative estimate of drug-likeness (QED) is 0.420. The third-order valence-electron chi connectivity index (χ3n) is 6.69. The van der Waals surface area contributed by atoms with Crippen LogP contribution in [0.25, 0.3) is 21.9 Å². The number of rotatable bonds is 6. The predicted octanol–water partition coefficient (Wildman–Crippen LogP) is 5.54. The Morgan fingerprint density at radius 2 is 1.82 bits per heavy atom. The number of pyridine rings is 1. The zero-order valence-corrected chi connectivity index (χ0v) is 19.3. The smallest absolute Gasteiger partial charge is 0.259 e. The van der Waals surface area contributed by atoms with E-state index in [2.05, 4.69) is 29.6 Å². The van der Waals surface area contributed by atoms with Gasteiger partial charge in [-0.15, -0.1) is 0 Å². The van der Waals surface area contributed by atoms with Gasteiger partial charge in [-0.2, -0.15) is 5.26 Å². The highest BCUT2D eigenvalue weighted by molar-refractivity contribution is 5.99. The number of nitriles is 1. The van der Waals surface area contributed by atoms with Gasteiger partial charge in [0.15, 0.2) is 0 Å². The lowest BCUT2D eigenvalue weighted by atomic mass is 9.90. The Bertz CT molecular complexity index is 1450. The van der Waals surface area contributed by atoms with E-state index >= 15 is 0 Å². The first-order valence-corrected chi connectivity index (χ1v) is 11.8. The van der Waals surface area contributed by atoms with Crippen LogP contribution in [0.1, 0.15) is 29.7 Å². The molecule has 0 saturated heterocycles. The first kappa shape index (κ1) is 21.8. The molecule has 0 aliphatic heterocycles. The summed E-state index contributed by atoms with van der Waals surface area (Å²) < 4.78 is 7.02. The number of hydrogen-bond donors (Lipinski definition) is 1. The van der Waals surface area contributed by atoms with E-state index < -0.39 is 0 Å². The maximum atomic E-state index is 13.5. The largest absolute Gasteiger partial charge is 0.497 e. The number of aromatic nitrogens is 1. The van der Waals surface area contributed by atoms with E-state index in [1.807, 2.05) is 36.4 Å². The van der Waals surface area contributed by atoms with E-state index in [0.717, 1.165) is 35.0 Å². The highest BCUT2D eigenvalue weighted by atomic mass is 16.5. The number of anilines is 1. The molecule has 1 N–H and O–H groups in total. The van der Waals surface area contributed by atoms with Crippen LogP contribution in [0.2, 0.25) is 0 Å². The molecular formula is C29H27N3O2. The molecule has 0 amide bonds. The molecule has 0 atom stereocenters. The van der Waals surface area contributed by atoms with Gasteiger partial charge in [-0.05, 0) is 66.6 Å². The average Bonchev–Trinajstić information content (AvgIpc) is 2.90. The highest BCUT2D eigenvalue weighted by Gasteiger charge is 2.19. The van der Waals surface area contributed by atoms with E-state index in [-0.39, 0.29) is 5.56 Å². The Morgan fingerprint density at radius 3 is 2.62 bits per heavy atom. The Morgan fingerprint density at radius 1 is 1.00 bits per heavy atom. The molecule has 5 heteroatoms. The number of aryl methyl sites for hydroxylation is 1. The SMILES string of the molecule is COc1ccc2c(=O)n(CCNc3cccc4c3CCCC4)c(C#N)c(-c3ccccc3)c2c1. The lowest BCUT2D eigenvalue weighted by Crippen LogP contribution is -2.27. The van der Waals surface area contributed by atoms with Crippen molar-refractivity contribution in [3.63, 3.8) is 0 Å². The minimum Gasteiger partial charge on any atom is -0.497 e. The van der Waals surface area contributed by atoms with Gasteiger partial charge >= 0.3 is 0 Å². The van der Waals surface area contributed by atoms with Crippen LogP contribution in [0.4, 0.5) is 5.69 Å². The number of fused-ring (bicyclic) bond motifs is 2. The second-order valence-electron chi connectivity index (χ2n) is 8.65. The second kappa shape index (κ2) is 9.44. The minimum atomic E-state index is -0.161. The monoisotopic (exact) mass is 449 g/mol. The van der Waals surface area contributed by atoms with Crippen molar-refractivity contribution < 1.29 is 4.74 Å². The first-order valence-electron chi connectivity index (χ1n) is 11.8. The van der Waals surface area contributed by atoms with Crippen molar-refractivity contribution in [3.8, 4) is 22.9 Å². The van der Waals surface area contributed by atoms with E-state index in [9.17, 15) is 10.1 Å². The van der Waals surface area contributed by atoms with E-state index in [1.54, 1.807) is 23.8 Å². The van der Waals surface area contributed by atoms with Gasteiger partial charge in [0, 0.05) is 35.1 Å². The molecule has 1 aliphatic rings. The van der Waals surface area contributed by atoms with Gasteiger partial charge in [-0.3, -0.25) is 9.36 Å². The third-order valence-corrected chi connectivity index (χ3v) is 6.69. The van der Waals surface area contributed by atoms with Crippen molar-refractivity contribution in [2.75, 3.05) is 19.0 Å². The predicted molar refractivity (Wildman–Crippen MR) is 136 cm³/mol. The summed E-state index contributed by atoms with van der Waals surface area (Å²) >= 11 is 0. The molecule has 4 aromatic rings. The summed E-state index contributed by atoms with van der Waals surface area (Å²) in [5.41, 5.74) is 5.80. The summed E-state index contributed by atoms with van der Waals surface area (Å²) in [6.07, 6.45) is 4.65. The van der Waals surface area contributed by atoms with Gasteiger partial charge in [0.25, 0.3) is 5.56 Å². The number of nitrogens with zero attached hydrogens (tertiary/aromatic N) is 2. The fourth-order valence-electron chi connectivity index (χ4n) is 5.03. The Kier molecular flexibility index (Phi) is 6.05. The van der Waals surface area contributed by atoms with Crippen molar-refractivity contribution in [2.24, 2.45) is 0 Å². The van der Waals surface area contributed by atoms with Gasteiger partial charge in [-0.25, -0.2) is 0 Å². The molecule has 170 valence electrons. The molecule has 0 radical (unpaired) electrons. The van der Waals surface area contributed by atoms with Gasteiger partial charge < -0.3 is 10.1 Å². The number of nitrogens with one attached hydrogen (secondary N) is 1. The van der Waals surface area contributed by atoms with Crippen LogP contribution in [0.15, 0.2) is 71.5 Å². The van der Waals surface area contributed by atoms with E-state index in [0.29, 0.717) is 29.9 Å². The van der Waals surface area contributed by atoms with Crippen LogP contribution < -0.4 is 15.6 Å². The molecule has 1 heterocycles. The molecule has 0 fully saturated rings. The molecule has 34 heavy (non-hydrogen) atoms. The molecule has 0 saturated carbocycles. The Labute approximate surface area is 199 Å². The Balaban J connectivity index is 1.57. The molecule has 0 spiro atoms. The molecule has 0 bridgehead atoms. The molecule has 1 aromatic heterocycles. The highest BCUT2D eigenvalue weighted by Crippen LogP contribution is 2.33. The van der Waals surface area contributed by atoms with Crippen molar-refractivity contribution in [3.05, 3.63) is 93.9 Å². The third kappa shape index (κ3) is 3.92. The van der Waals surface area contributed by atoms with Gasteiger partial charge in [0.2, 0.25) is 0 Å². The van der Waals surface area contributed by atoms with Crippen LogP contribution in [0, 0.1) is 11.3 Å². The first-order chi connectivity index (χ1) is 16.7. The summed E-state index contributed by atoms with van der Waals surface area (Å²) in [5.74, 6) is 0.654. The summed E-state index contributed by atoms with van der Waals surface area (Å²) in [6, 6.07) is 23.9. The van der Waals surface area contributed by atoms with Crippen LogP contribution in [0.3, 0.4) is 0 Å². The fourth-order valence-corrected chi connectivity index (χ4v) is 5.03. The zero-order valence-electron chi connectivity index (χ0n) is 19.3. The van der Waals surface area contributed by atoms with Crippen molar-refractivity contribution in [1.82, 2.24) is 4.57 Å². The number of benzene rings is 3. The fraction of sp³-hybridized carbons (Fsp3) is 0.241. The summed E-state index contributed by atoms with van der Waals surface area (Å²) in [5, 5.41) is 15.0. The number of methoxy groups -OCH3 is 1. The molecule has 1 aliphatic carbocycles. The standard InChI is InChI=1S/C29H27N3O2/c1-34-22-14-15-24-25(18-22)28(21-9-3-2-4-10-21)27(19-30)32(29(24)33)17-16-31-26-13-7-11-20-8-5-6-12-23(20)26/h2-4,7,9-11,13-15,18,31H,5-6,8,12,16-17H2,1H3. The Hall–Kier alpha value is -4.04. The van der Waals surface area contributed by atoms with Crippen LogP contribution in [-0.4, -0.2) is 18.2 Å². The molecule has 5 nitrogen and oxygen atoms in total. The normalized spacial score (nSPS) is 12.7. The van der Waals surface area contributed by atoms with Crippen molar-refractivity contribution >= 4 is 16.5 Å².